The van der Waals surface area contributed by atoms with Gasteiger partial charge in [0, 0.05) is 17.1 Å². The highest BCUT2D eigenvalue weighted by atomic mass is 35.5. The monoisotopic (exact) mass is 560 g/mol. The average Bonchev–Trinajstić information content (AvgIpc) is 3.41. The van der Waals surface area contributed by atoms with Crippen LogP contribution in [0.2, 0.25) is 5.15 Å². The van der Waals surface area contributed by atoms with Gasteiger partial charge < -0.3 is 15.4 Å². The maximum atomic E-state index is 13.3. The van der Waals surface area contributed by atoms with Gasteiger partial charge in [-0.25, -0.2) is 14.6 Å². The first-order valence-corrected chi connectivity index (χ1v) is 14.1. The van der Waals surface area contributed by atoms with Gasteiger partial charge in [0.2, 0.25) is 5.95 Å². The molecule has 4 atom stereocenters. The Morgan fingerprint density at radius 3 is 2.75 bits per heavy atom. The fraction of sp³-hybridized carbons (Fsp3) is 0.571. The number of aromatic nitrogens is 4. The molecule has 2 aromatic rings. The molecule has 0 radical (unpaired) electrons. The number of nitrogens with zero attached hydrogens (tertiary/aromatic N) is 4. The van der Waals surface area contributed by atoms with E-state index in [0.29, 0.717) is 17.6 Å². The molecular weight excluding hydrogens is 531 g/mol. The van der Waals surface area contributed by atoms with Crippen molar-refractivity contribution in [2.45, 2.75) is 46.2 Å². The largest absolute Gasteiger partial charge is 0.480 e. The summed E-state index contributed by atoms with van der Waals surface area (Å²) in [5.74, 6) is -1.06. The molecule has 15 heteroatoms. The summed E-state index contributed by atoms with van der Waals surface area (Å²) >= 11 is 7.17. The minimum Gasteiger partial charge on any atom is -0.480 e. The SMILES string of the molecule is C[C@H](NP(=O)(OCCSC(=O)C(C)(C)C)OC[C@@H]1C=C[C@H](n2cnc3c(Cl)nc(N)nc32)C1)C(=O)O. The maximum absolute atomic E-state index is 13.3. The second-order valence-corrected chi connectivity index (χ2v) is 12.5. The molecule has 1 unspecified atom stereocenters. The molecule has 2 aromatic heterocycles. The minimum atomic E-state index is -3.98. The van der Waals surface area contributed by atoms with E-state index in [1.807, 2.05) is 16.7 Å². The van der Waals surface area contributed by atoms with Crippen molar-refractivity contribution in [2.24, 2.45) is 11.3 Å². The number of nitrogens with one attached hydrogen (secondary N) is 1. The number of hydrogen-bond acceptors (Lipinski definition) is 10. The Hall–Kier alpha value is -2.02. The van der Waals surface area contributed by atoms with Crippen LogP contribution in [-0.2, 0) is 23.2 Å². The van der Waals surface area contributed by atoms with Crippen molar-refractivity contribution in [1.82, 2.24) is 24.6 Å². The molecule has 1 aliphatic rings. The van der Waals surface area contributed by atoms with Crippen LogP contribution in [0.3, 0.4) is 0 Å². The first-order chi connectivity index (χ1) is 16.8. The molecule has 0 aromatic carbocycles. The molecule has 12 nitrogen and oxygen atoms in total. The van der Waals surface area contributed by atoms with Crippen LogP contribution in [0.1, 0.15) is 40.2 Å². The summed E-state index contributed by atoms with van der Waals surface area (Å²) in [5.41, 5.74) is 6.14. The molecule has 0 saturated carbocycles. The molecule has 1 aliphatic carbocycles. The number of carbonyl (C=O) groups excluding carboxylic acids is 1. The first-order valence-electron chi connectivity index (χ1n) is 11.2. The Labute approximate surface area is 218 Å². The number of fused-ring (bicyclic) bond motifs is 1. The molecule has 4 N–H and O–H groups in total. The summed E-state index contributed by atoms with van der Waals surface area (Å²) in [7, 11) is -3.98. The van der Waals surface area contributed by atoms with Gasteiger partial charge in [-0.2, -0.15) is 9.97 Å². The molecule has 0 saturated heterocycles. The lowest BCUT2D eigenvalue weighted by Gasteiger charge is -2.23. The van der Waals surface area contributed by atoms with Gasteiger partial charge in [0.25, 0.3) is 0 Å². The van der Waals surface area contributed by atoms with Gasteiger partial charge in [-0.1, -0.05) is 56.3 Å². The summed E-state index contributed by atoms with van der Waals surface area (Å²) in [6, 6.07) is -1.29. The van der Waals surface area contributed by atoms with Gasteiger partial charge in [-0.15, -0.1) is 0 Å². The molecule has 2 heterocycles. The lowest BCUT2D eigenvalue weighted by atomic mass is 10.00. The highest BCUT2D eigenvalue weighted by Crippen LogP contribution is 2.46. The molecular formula is C21H30ClN6O6PS. The van der Waals surface area contributed by atoms with E-state index in [-0.39, 0.29) is 47.1 Å². The van der Waals surface area contributed by atoms with Crippen molar-refractivity contribution < 1.29 is 28.3 Å². The summed E-state index contributed by atoms with van der Waals surface area (Å²) in [5, 5.41) is 11.8. The van der Waals surface area contributed by atoms with Gasteiger partial charge >= 0.3 is 13.7 Å². The molecule has 0 amide bonds. The summed E-state index contributed by atoms with van der Waals surface area (Å²) < 4.78 is 26.2. The van der Waals surface area contributed by atoms with Crippen LogP contribution >= 0.6 is 31.1 Å². The predicted octanol–water partition coefficient (Wildman–Crippen LogP) is 3.69. The van der Waals surface area contributed by atoms with Crippen LogP contribution in [0.5, 0.6) is 0 Å². The number of aliphatic carboxylic acids is 1. The smallest absolute Gasteiger partial charge is 0.406 e. The zero-order chi connectivity index (χ0) is 26.7. The van der Waals surface area contributed by atoms with Gasteiger partial charge in [-0.3, -0.25) is 18.6 Å². The highest BCUT2D eigenvalue weighted by Gasteiger charge is 2.32. The molecule has 0 bridgehead atoms. The number of halogens is 1. The summed E-state index contributed by atoms with van der Waals surface area (Å²) in [6.07, 6.45) is 6.03. The number of allylic oxidation sites excluding steroid dienone is 1. The van der Waals surface area contributed by atoms with Crippen molar-refractivity contribution in [3.05, 3.63) is 23.6 Å². The number of hydrogen-bond donors (Lipinski definition) is 3. The molecule has 0 fully saturated rings. The highest BCUT2D eigenvalue weighted by molar-refractivity contribution is 8.13. The third-order valence-corrected chi connectivity index (χ3v) is 8.50. The van der Waals surface area contributed by atoms with E-state index in [1.54, 1.807) is 27.1 Å². The standard InChI is InChI=1S/C21H30ClN6O6PS/c1-12(18(29)30)27-35(32,33-7-8-36-19(31)21(2,3)4)34-10-13-5-6-14(9-13)28-11-24-15-16(22)25-20(23)26-17(15)28/h5-6,11-14H,7-10H2,1-4H3,(H,27,32)(H,29,30)(H2,23,25,26)/t12-,13+,14-,35?/m0/s1. The van der Waals surface area contributed by atoms with E-state index in [4.69, 9.17) is 26.4 Å². The fourth-order valence-electron chi connectivity index (χ4n) is 3.33. The lowest BCUT2D eigenvalue weighted by Crippen LogP contribution is -2.33. The summed E-state index contributed by atoms with van der Waals surface area (Å²) in [6.45, 7) is 6.71. The van der Waals surface area contributed by atoms with Gasteiger partial charge in [0.15, 0.2) is 15.9 Å². The van der Waals surface area contributed by atoms with Crippen molar-refractivity contribution in [3.8, 4) is 0 Å². The van der Waals surface area contributed by atoms with Crippen molar-refractivity contribution >= 4 is 59.3 Å². The Balaban J connectivity index is 1.61. The third-order valence-electron chi connectivity index (χ3n) is 5.27. The van der Waals surface area contributed by atoms with E-state index >= 15 is 0 Å². The normalized spacial score (nSPS) is 20.5. The van der Waals surface area contributed by atoms with Crippen molar-refractivity contribution in [1.29, 1.82) is 0 Å². The van der Waals surface area contributed by atoms with Crippen LogP contribution < -0.4 is 10.8 Å². The van der Waals surface area contributed by atoms with E-state index in [9.17, 15) is 19.3 Å². The predicted molar refractivity (Wildman–Crippen MR) is 138 cm³/mol. The van der Waals surface area contributed by atoms with Gasteiger partial charge in [0.1, 0.15) is 11.6 Å². The topological polar surface area (TPSA) is 172 Å². The van der Waals surface area contributed by atoms with Crippen LogP contribution in [-0.4, -0.2) is 60.7 Å². The Morgan fingerprint density at radius 1 is 1.36 bits per heavy atom. The number of anilines is 1. The Morgan fingerprint density at radius 2 is 2.08 bits per heavy atom. The van der Waals surface area contributed by atoms with E-state index < -0.39 is 25.2 Å². The average molecular weight is 561 g/mol. The third kappa shape index (κ3) is 7.27. The van der Waals surface area contributed by atoms with Crippen molar-refractivity contribution in [3.63, 3.8) is 0 Å². The molecule has 0 spiro atoms. The number of thioether (sulfide) groups is 1. The Bertz CT molecular complexity index is 1200. The zero-order valence-electron chi connectivity index (χ0n) is 20.4. The fourth-order valence-corrected chi connectivity index (χ4v) is 5.99. The number of rotatable bonds is 11. The number of nitrogens with two attached hydrogens (primary N) is 1. The molecule has 0 aliphatic heterocycles. The molecule has 198 valence electrons. The van der Waals surface area contributed by atoms with Crippen LogP contribution in [0, 0.1) is 11.3 Å². The number of carboxylic acid groups (broad SMARTS) is 1. The van der Waals surface area contributed by atoms with E-state index in [2.05, 4.69) is 20.0 Å². The number of carbonyl (C=O) groups is 2. The van der Waals surface area contributed by atoms with E-state index in [0.717, 1.165) is 11.8 Å². The minimum absolute atomic E-state index is 0.0161. The first kappa shape index (κ1) is 28.5. The van der Waals surface area contributed by atoms with Crippen LogP contribution in [0.4, 0.5) is 5.95 Å². The molecule has 3 rings (SSSR count). The van der Waals surface area contributed by atoms with Crippen LogP contribution in [0.25, 0.3) is 11.2 Å². The molecule has 36 heavy (non-hydrogen) atoms. The second-order valence-electron chi connectivity index (χ2n) is 9.35. The van der Waals surface area contributed by atoms with Crippen molar-refractivity contribution in [2.75, 3.05) is 24.7 Å². The quantitative estimate of drug-likeness (QED) is 0.158. The van der Waals surface area contributed by atoms with Gasteiger partial charge in [0.05, 0.1) is 25.6 Å². The lowest BCUT2D eigenvalue weighted by molar-refractivity contribution is -0.138. The number of imidazole rings is 1. The van der Waals surface area contributed by atoms with E-state index in [1.165, 1.54) is 6.92 Å². The second kappa shape index (κ2) is 11.6. The zero-order valence-corrected chi connectivity index (χ0v) is 22.8. The maximum Gasteiger partial charge on any atom is 0.406 e. The van der Waals surface area contributed by atoms with Crippen LogP contribution in [0.15, 0.2) is 18.5 Å². The number of carboxylic acids is 1. The summed E-state index contributed by atoms with van der Waals surface area (Å²) in [4.78, 5) is 35.8. The Kier molecular flexibility index (Phi) is 9.18. The van der Waals surface area contributed by atoms with Gasteiger partial charge in [-0.05, 0) is 13.3 Å². The number of nitrogen functional groups attached to an aromatic ring is 1.